The van der Waals surface area contributed by atoms with Gasteiger partial charge >= 0.3 is 5.97 Å². The van der Waals surface area contributed by atoms with Crippen LogP contribution in [0.3, 0.4) is 0 Å². The fourth-order valence-electron chi connectivity index (χ4n) is 1.87. The molecule has 2 rings (SSSR count). The van der Waals surface area contributed by atoms with Crippen LogP contribution in [0.15, 0.2) is 0 Å². The van der Waals surface area contributed by atoms with Gasteiger partial charge in [0, 0.05) is 6.61 Å². The fourth-order valence-corrected chi connectivity index (χ4v) is 1.87. The zero-order valence-electron chi connectivity index (χ0n) is 5.62. The molecule has 0 bridgehead atoms. The van der Waals surface area contributed by atoms with E-state index in [9.17, 15) is 4.79 Å². The molecule has 2 fully saturated rings. The molecule has 56 valence electrons. The third-order valence-electron chi connectivity index (χ3n) is 2.52. The standard InChI is InChI=1S/C7H10O3/c8-7(9)6-4-1-2-10-3-5(4)6/h4-6H,1-3H2,(H,8,9)/t4-,5-,6?/m1/s1. The summed E-state index contributed by atoms with van der Waals surface area (Å²) in [5.74, 6) is 0.0560. The van der Waals surface area contributed by atoms with Gasteiger partial charge in [-0.1, -0.05) is 0 Å². The lowest BCUT2D eigenvalue weighted by molar-refractivity contribution is -0.139. The normalized spacial score (nSPS) is 44.2. The van der Waals surface area contributed by atoms with Crippen LogP contribution >= 0.6 is 0 Å². The van der Waals surface area contributed by atoms with Crippen molar-refractivity contribution in [1.29, 1.82) is 0 Å². The minimum Gasteiger partial charge on any atom is -0.481 e. The number of fused-ring (bicyclic) bond motifs is 1. The van der Waals surface area contributed by atoms with Crippen LogP contribution in [0.2, 0.25) is 0 Å². The molecule has 0 aromatic heterocycles. The van der Waals surface area contributed by atoms with Crippen LogP contribution in [-0.4, -0.2) is 24.3 Å². The minimum atomic E-state index is -0.638. The van der Waals surface area contributed by atoms with Crippen LogP contribution in [0.1, 0.15) is 6.42 Å². The largest absolute Gasteiger partial charge is 0.481 e. The number of rotatable bonds is 1. The molecule has 0 amide bonds. The van der Waals surface area contributed by atoms with Crippen molar-refractivity contribution in [3.8, 4) is 0 Å². The lowest BCUT2D eigenvalue weighted by Gasteiger charge is -2.07. The van der Waals surface area contributed by atoms with Crippen LogP contribution in [0.25, 0.3) is 0 Å². The molecule has 0 aromatic carbocycles. The van der Waals surface area contributed by atoms with Crippen molar-refractivity contribution < 1.29 is 14.6 Å². The Kier molecular flexibility index (Phi) is 1.20. The van der Waals surface area contributed by atoms with Gasteiger partial charge in [-0.15, -0.1) is 0 Å². The Balaban J connectivity index is 1.99. The molecule has 1 N–H and O–H groups in total. The van der Waals surface area contributed by atoms with Gasteiger partial charge in [0.15, 0.2) is 0 Å². The Hall–Kier alpha value is -0.570. The van der Waals surface area contributed by atoms with E-state index < -0.39 is 5.97 Å². The summed E-state index contributed by atoms with van der Waals surface area (Å²) in [6.45, 7) is 1.42. The second-order valence-electron chi connectivity index (χ2n) is 3.06. The highest BCUT2D eigenvalue weighted by molar-refractivity contribution is 5.74. The molecule has 2 aliphatic rings. The van der Waals surface area contributed by atoms with Gasteiger partial charge in [0.2, 0.25) is 0 Å². The Morgan fingerprint density at radius 1 is 1.50 bits per heavy atom. The first-order chi connectivity index (χ1) is 4.80. The molecule has 0 radical (unpaired) electrons. The van der Waals surface area contributed by atoms with Gasteiger partial charge in [-0.25, -0.2) is 0 Å². The number of hydrogen-bond donors (Lipinski definition) is 1. The maximum atomic E-state index is 10.5. The van der Waals surface area contributed by atoms with Crippen molar-refractivity contribution in [3.05, 3.63) is 0 Å². The van der Waals surface area contributed by atoms with Crippen LogP contribution in [-0.2, 0) is 9.53 Å². The topological polar surface area (TPSA) is 46.5 Å². The molecule has 1 aliphatic carbocycles. The summed E-state index contributed by atoms with van der Waals surface area (Å²) in [4.78, 5) is 10.5. The van der Waals surface area contributed by atoms with Crippen molar-refractivity contribution >= 4 is 5.97 Å². The molecule has 1 saturated heterocycles. The highest BCUT2D eigenvalue weighted by Gasteiger charge is 2.55. The third kappa shape index (κ3) is 0.736. The number of ether oxygens (including phenoxy) is 1. The van der Waals surface area contributed by atoms with E-state index in [4.69, 9.17) is 9.84 Å². The second kappa shape index (κ2) is 1.95. The molecule has 1 saturated carbocycles. The maximum absolute atomic E-state index is 10.5. The fraction of sp³-hybridized carbons (Fsp3) is 0.857. The van der Waals surface area contributed by atoms with Gasteiger partial charge in [-0.3, -0.25) is 4.79 Å². The molecular weight excluding hydrogens is 132 g/mol. The summed E-state index contributed by atoms with van der Waals surface area (Å²) in [7, 11) is 0. The summed E-state index contributed by atoms with van der Waals surface area (Å²) in [5.41, 5.74) is 0. The van der Waals surface area contributed by atoms with E-state index in [2.05, 4.69) is 0 Å². The average molecular weight is 142 g/mol. The summed E-state index contributed by atoms with van der Waals surface area (Å²) in [6, 6.07) is 0. The SMILES string of the molecule is O=C(O)C1[C@@H]2CCOC[C@@H]12. The van der Waals surface area contributed by atoms with Gasteiger partial charge in [0.1, 0.15) is 0 Å². The van der Waals surface area contributed by atoms with Gasteiger partial charge in [-0.05, 0) is 18.3 Å². The zero-order chi connectivity index (χ0) is 7.14. The number of carbonyl (C=O) groups is 1. The Labute approximate surface area is 59.0 Å². The molecule has 10 heavy (non-hydrogen) atoms. The van der Waals surface area contributed by atoms with Gasteiger partial charge < -0.3 is 9.84 Å². The van der Waals surface area contributed by atoms with E-state index in [1.165, 1.54) is 0 Å². The molecule has 1 unspecified atom stereocenters. The van der Waals surface area contributed by atoms with E-state index in [1.807, 2.05) is 0 Å². The molecule has 0 spiro atoms. The molecule has 3 heteroatoms. The van der Waals surface area contributed by atoms with Crippen molar-refractivity contribution in [3.63, 3.8) is 0 Å². The number of aliphatic carboxylic acids is 1. The molecule has 1 aliphatic heterocycles. The Bertz CT molecular complexity index is 154. The monoisotopic (exact) mass is 142 g/mol. The quantitative estimate of drug-likeness (QED) is 0.574. The summed E-state index contributed by atoms with van der Waals surface area (Å²) < 4.78 is 5.14. The smallest absolute Gasteiger partial charge is 0.307 e. The zero-order valence-corrected chi connectivity index (χ0v) is 5.62. The van der Waals surface area contributed by atoms with E-state index >= 15 is 0 Å². The van der Waals surface area contributed by atoms with Crippen LogP contribution in [0.4, 0.5) is 0 Å². The molecule has 3 atom stereocenters. The van der Waals surface area contributed by atoms with Crippen LogP contribution < -0.4 is 0 Å². The summed E-state index contributed by atoms with van der Waals surface area (Å²) in [5, 5.41) is 8.63. The average Bonchev–Trinajstić information content (AvgIpc) is 2.60. The Morgan fingerprint density at radius 3 is 2.80 bits per heavy atom. The number of carboxylic acids is 1. The van der Waals surface area contributed by atoms with Gasteiger partial charge in [-0.2, -0.15) is 0 Å². The first kappa shape index (κ1) is 6.16. The van der Waals surface area contributed by atoms with Crippen molar-refractivity contribution in [2.45, 2.75) is 6.42 Å². The van der Waals surface area contributed by atoms with Crippen LogP contribution in [0.5, 0.6) is 0 Å². The summed E-state index contributed by atoms with van der Waals surface area (Å²) >= 11 is 0. The predicted molar refractivity (Wildman–Crippen MR) is 33.5 cm³/mol. The van der Waals surface area contributed by atoms with Crippen molar-refractivity contribution in [2.24, 2.45) is 17.8 Å². The maximum Gasteiger partial charge on any atom is 0.307 e. The molecule has 0 aromatic rings. The van der Waals surface area contributed by atoms with E-state index in [0.717, 1.165) is 13.0 Å². The second-order valence-corrected chi connectivity index (χ2v) is 3.06. The molecular formula is C7H10O3. The Morgan fingerprint density at radius 2 is 2.30 bits per heavy atom. The van der Waals surface area contributed by atoms with Gasteiger partial charge in [0.25, 0.3) is 0 Å². The highest BCUT2D eigenvalue weighted by atomic mass is 16.5. The van der Waals surface area contributed by atoms with Crippen molar-refractivity contribution in [1.82, 2.24) is 0 Å². The predicted octanol–water partition coefficient (Wildman–Crippen LogP) is 0.354. The first-order valence-corrected chi connectivity index (χ1v) is 3.61. The minimum absolute atomic E-state index is 0.0810. The first-order valence-electron chi connectivity index (χ1n) is 3.61. The lowest BCUT2D eigenvalue weighted by Crippen LogP contribution is -2.07. The number of carboxylic acid groups (broad SMARTS) is 1. The van der Waals surface area contributed by atoms with Gasteiger partial charge in [0.05, 0.1) is 12.5 Å². The lowest BCUT2D eigenvalue weighted by atomic mass is 10.2. The van der Waals surface area contributed by atoms with E-state index in [0.29, 0.717) is 18.4 Å². The molecule has 3 nitrogen and oxygen atoms in total. The van der Waals surface area contributed by atoms with Crippen LogP contribution in [0, 0.1) is 17.8 Å². The van der Waals surface area contributed by atoms with E-state index in [-0.39, 0.29) is 5.92 Å². The van der Waals surface area contributed by atoms with Crippen molar-refractivity contribution in [2.75, 3.05) is 13.2 Å². The highest BCUT2D eigenvalue weighted by Crippen LogP contribution is 2.50. The molecule has 1 heterocycles. The number of hydrogen-bond acceptors (Lipinski definition) is 2. The summed E-state index contributed by atoms with van der Waals surface area (Å²) in [6.07, 6.45) is 0.946. The van der Waals surface area contributed by atoms with E-state index in [1.54, 1.807) is 0 Å². The third-order valence-corrected chi connectivity index (χ3v) is 2.52.